The Kier molecular flexibility index (Phi) is 3.39. The summed E-state index contributed by atoms with van der Waals surface area (Å²) in [5, 5.41) is 6.29. The summed E-state index contributed by atoms with van der Waals surface area (Å²) in [4.78, 5) is 12.5. The van der Waals surface area contributed by atoms with E-state index in [4.69, 9.17) is 4.52 Å². The van der Waals surface area contributed by atoms with Crippen molar-refractivity contribution >= 4 is 38.6 Å². The molecule has 1 aromatic carbocycles. The van der Waals surface area contributed by atoms with Gasteiger partial charge in [0.1, 0.15) is 10.8 Å². The fourth-order valence-electron chi connectivity index (χ4n) is 2.46. The molecule has 0 saturated heterocycles. The van der Waals surface area contributed by atoms with Gasteiger partial charge < -0.3 is 9.84 Å². The molecular weight excluding hydrogens is 350 g/mol. The average Bonchev–Trinajstić information content (AvgIpc) is 3.25. The minimum atomic E-state index is -3.85. The zero-order valence-electron chi connectivity index (χ0n) is 12.2. The van der Waals surface area contributed by atoms with Crippen LogP contribution in [0.15, 0.2) is 57.4 Å². The predicted octanol–water partition coefficient (Wildman–Crippen LogP) is 2.55. The maximum Gasteiger partial charge on any atom is 0.274 e. The van der Waals surface area contributed by atoms with Crippen molar-refractivity contribution in [1.82, 2.24) is 5.16 Å². The number of carbonyl (C=O) groups excluding carboxylic acids is 1. The third-order valence-electron chi connectivity index (χ3n) is 3.54. The van der Waals surface area contributed by atoms with Gasteiger partial charge in [0.05, 0.1) is 22.4 Å². The second-order valence-corrected chi connectivity index (χ2v) is 8.25. The van der Waals surface area contributed by atoms with Crippen molar-refractivity contribution in [3.8, 4) is 10.6 Å². The monoisotopic (exact) mass is 361 g/mol. The number of aromatic nitrogens is 1. The summed E-state index contributed by atoms with van der Waals surface area (Å²) < 4.78 is 32.3. The highest BCUT2D eigenvalue weighted by Crippen LogP contribution is 2.37. The number of nitrogens with one attached hydrogen (secondary N) is 1. The average molecular weight is 361 g/mol. The lowest BCUT2D eigenvalue weighted by molar-refractivity contribution is -0.115. The summed E-state index contributed by atoms with van der Waals surface area (Å²) in [5.74, 6) is 0.127. The van der Waals surface area contributed by atoms with Crippen molar-refractivity contribution in [2.75, 3.05) is 16.2 Å². The van der Waals surface area contributed by atoms with E-state index in [0.29, 0.717) is 22.0 Å². The van der Waals surface area contributed by atoms with E-state index in [1.807, 2.05) is 0 Å². The Labute approximate surface area is 141 Å². The van der Waals surface area contributed by atoms with Crippen LogP contribution in [-0.2, 0) is 14.8 Å². The van der Waals surface area contributed by atoms with Gasteiger partial charge in [-0.25, -0.2) is 8.42 Å². The molecule has 24 heavy (non-hydrogen) atoms. The maximum atomic E-state index is 13.0. The first kappa shape index (κ1) is 14.9. The van der Waals surface area contributed by atoms with Gasteiger partial charge in [-0.05, 0) is 24.3 Å². The van der Waals surface area contributed by atoms with Crippen LogP contribution in [0.25, 0.3) is 10.6 Å². The van der Waals surface area contributed by atoms with E-state index < -0.39 is 10.0 Å². The normalized spacial score (nSPS) is 14.3. The molecular formula is C15H11N3O4S2. The Balaban J connectivity index is 1.77. The fraction of sp³-hybridized carbons (Fsp3) is 0.0667. The number of benzene rings is 1. The molecule has 2 aromatic heterocycles. The number of hydrogen-bond donors (Lipinski definition) is 1. The Morgan fingerprint density at radius 2 is 2.00 bits per heavy atom. The lowest BCUT2D eigenvalue weighted by atomic mass is 10.2. The van der Waals surface area contributed by atoms with Crippen LogP contribution in [-0.4, -0.2) is 26.0 Å². The Morgan fingerprint density at radius 1 is 1.17 bits per heavy atom. The van der Waals surface area contributed by atoms with Gasteiger partial charge in [0.15, 0.2) is 5.76 Å². The Bertz CT molecular complexity index is 1010. The zero-order valence-corrected chi connectivity index (χ0v) is 13.8. The third-order valence-corrected chi connectivity index (χ3v) is 6.87. The molecule has 122 valence electrons. The first-order valence-electron chi connectivity index (χ1n) is 6.98. The molecule has 0 aliphatic carbocycles. The van der Waals surface area contributed by atoms with Crippen LogP contribution in [0.1, 0.15) is 0 Å². The van der Waals surface area contributed by atoms with E-state index in [1.165, 1.54) is 12.3 Å². The van der Waals surface area contributed by atoms with Crippen molar-refractivity contribution in [1.29, 1.82) is 0 Å². The van der Waals surface area contributed by atoms with Crippen LogP contribution in [0.5, 0.6) is 0 Å². The first-order valence-corrected chi connectivity index (χ1v) is 9.24. The van der Waals surface area contributed by atoms with Gasteiger partial charge in [-0.1, -0.05) is 17.3 Å². The van der Waals surface area contributed by atoms with Gasteiger partial charge >= 0.3 is 0 Å². The molecule has 3 heterocycles. The van der Waals surface area contributed by atoms with Crippen molar-refractivity contribution in [3.63, 3.8) is 0 Å². The number of amides is 1. The summed E-state index contributed by atoms with van der Waals surface area (Å²) >= 11 is 1.07. The van der Waals surface area contributed by atoms with Gasteiger partial charge in [-0.3, -0.25) is 9.10 Å². The highest BCUT2D eigenvalue weighted by Gasteiger charge is 2.33. The summed E-state index contributed by atoms with van der Waals surface area (Å²) in [5.41, 5.74) is 0.927. The number of sulfonamides is 1. The zero-order chi connectivity index (χ0) is 16.7. The summed E-state index contributed by atoms with van der Waals surface area (Å²) in [6, 6.07) is 11.6. The van der Waals surface area contributed by atoms with E-state index >= 15 is 0 Å². The van der Waals surface area contributed by atoms with Gasteiger partial charge in [0.25, 0.3) is 10.0 Å². The summed E-state index contributed by atoms with van der Waals surface area (Å²) in [6.45, 7) is -0.255. The van der Waals surface area contributed by atoms with Crippen molar-refractivity contribution in [2.24, 2.45) is 0 Å². The molecule has 7 nitrogen and oxygen atoms in total. The number of thiophene rings is 1. The molecule has 0 radical (unpaired) electrons. The van der Waals surface area contributed by atoms with Crippen LogP contribution in [0.2, 0.25) is 0 Å². The van der Waals surface area contributed by atoms with E-state index in [0.717, 1.165) is 15.6 Å². The van der Waals surface area contributed by atoms with Crippen molar-refractivity contribution in [2.45, 2.75) is 4.21 Å². The smallest absolute Gasteiger partial charge is 0.274 e. The highest BCUT2D eigenvalue weighted by molar-refractivity contribution is 7.94. The molecule has 3 aromatic rings. The molecule has 1 amide bonds. The van der Waals surface area contributed by atoms with Crippen molar-refractivity contribution < 1.29 is 17.7 Å². The van der Waals surface area contributed by atoms with Crippen LogP contribution in [0.3, 0.4) is 0 Å². The van der Waals surface area contributed by atoms with Crippen LogP contribution >= 0.6 is 11.3 Å². The van der Waals surface area contributed by atoms with Gasteiger partial charge in [0.2, 0.25) is 5.91 Å². The van der Waals surface area contributed by atoms with Gasteiger partial charge in [-0.15, -0.1) is 11.3 Å². The molecule has 4 rings (SSSR count). The molecule has 0 unspecified atom stereocenters. The molecule has 0 fully saturated rings. The molecule has 1 N–H and O–H groups in total. The molecule has 0 spiro atoms. The Hall–Kier alpha value is -2.65. The number of para-hydroxylation sites is 2. The number of rotatable bonds is 3. The number of carbonyl (C=O) groups is 1. The summed E-state index contributed by atoms with van der Waals surface area (Å²) in [6.07, 6.45) is 1.49. The number of hydrogen-bond acceptors (Lipinski definition) is 6. The molecule has 0 bridgehead atoms. The standard InChI is InChI=1S/C15H11N3O4S2/c19-14-9-18(11-4-2-1-3-10(11)17-14)24(20,21)15-6-5-13(23-15)12-7-8-16-22-12/h1-8H,9H2,(H,17,19). The topological polar surface area (TPSA) is 92.5 Å². The molecule has 1 aliphatic heterocycles. The lowest BCUT2D eigenvalue weighted by Gasteiger charge is -2.29. The Morgan fingerprint density at radius 3 is 2.79 bits per heavy atom. The molecule has 0 atom stereocenters. The van der Waals surface area contributed by atoms with E-state index in [2.05, 4.69) is 10.5 Å². The van der Waals surface area contributed by atoms with E-state index in [-0.39, 0.29) is 16.7 Å². The minimum Gasteiger partial charge on any atom is -0.355 e. The second-order valence-electron chi connectivity index (χ2n) is 5.07. The molecule has 1 aliphatic rings. The van der Waals surface area contributed by atoms with E-state index in [9.17, 15) is 13.2 Å². The number of nitrogens with zero attached hydrogens (tertiary/aromatic N) is 2. The number of anilines is 2. The maximum absolute atomic E-state index is 13.0. The highest BCUT2D eigenvalue weighted by atomic mass is 32.2. The SMILES string of the molecule is O=C1CN(S(=O)(=O)c2ccc(-c3ccno3)s2)c2ccccc2N1. The van der Waals surface area contributed by atoms with E-state index in [1.54, 1.807) is 36.4 Å². The molecule has 0 saturated carbocycles. The lowest BCUT2D eigenvalue weighted by Crippen LogP contribution is -2.41. The quantitative estimate of drug-likeness (QED) is 0.774. The van der Waals surface area contributed by atoms with Gasteiger partial charge in [-0.2, -0.15) is 0 Å². The molecule has 9 heteroatoms. The first-order chi connectivity index (χ1) is 11.6. The summed E-state index contributed by atoms with van der Waals surface area (Å²) in [7, 11) is -3.85. The minimum absolute atomic E-state index is 0.137. The fourth-order valence-corrected chi connectivity index (χ4v) is 5.28. The predicted molar refractivity (Wildman–Crippen MR) is 89.4 cm³/mol. The van der Waals surface area contributed by atoms with Crippen LogP contribution < -0.4 is 9.62 Å². The number of fused-ring (bicyclic) bond motifs is 1. The largest absolute Gasteiger partial charge is 0.355 e. The second kappa shape index (κ2) is 5.46. The third kappa shape index (κ3) is 2.38. The van der Waals surface area contributed by atoms with Crippen LogP contribution in [0.4, 0.5) is 11.4 Å². The van der Waals surface area contributed by atoms with Gasteiger partial charge in [0, 0.05) is 6.07 Å². The van der Waals surface area contributed by atoms with Crippen LogP contribution in [0, 0.1) is 0 Å². The van der Waals surface area contributed by atoms with Crippen molar-refractivity contribution in [3.05, 3.63) is 48.7 Å².